The molecule has 27 heavy (non-hydrogen) atoms. The quantitative estimate of drug-likeness (QED) is 0.894. The summed E-state index contributed by atoms with van der Waals surface area (Å²) in [7, 11) is 0. The standard InChI is InChI=1S/C20H24N4O3/c1-2-15-3-5-16(6-4-15)22-19-21-10-7-17(23-19)18(25)24-11-8-20(9-12-24)26-13-14-27-20/h3-7,10H,2,8-9,11-14H2,1H3,(H,21,22,23). The average molecular weight is 368 g/mol. The van der Waals surface area contributed by atoms with Crippen molar-refractivity contribution in [1.29, 1.82) is 0 Å². The highest BCUT2D eigenvalue weighted by molar-refractivity contribution is 5.92. The molecule has 0 aliphatic carbocycles. The lowest BCUT2D eigenvalue weighted by Gasteiger charge is -2.37. The molecule has 2 aliphatic rings. The monoisotopic (exact) mass is 368 g/mol. The van der Waals surface area contributed by atoms with Crippen LogP contribution in [0.15, 0.2) is 36.5 Å². The molecule has 0 unspecified atom stereocenters. The number of anilines is 2. The van der Waals surface area contributed by atoms with Crippen molar-refractivity contribution in [1.82, 2.24) is 14.9 Å². The predicted molar refractivity (Wildman–Crippen MR) is 101 cm³/mol. The first-order valence-corrected chi connectivity index (χ1v) is 9.44. The second kappa shape index (κ2) is 7.62. The van der Waals surface area contributed by atoms with Gasteiger partial charge in [0.05, 0.1) is 13.2 Å². The van der Waals surface area contributed by atoms with E-state index in [4.69, 9.17) is 9.47 Å². The topological polar surface area (TPSA) is 76.6 Å². The van der Waals surface area contributed by atoms with Crippen LogP contribution in [0, 0.1) is 0 Å². The van der Waals surface area contributed by atoms with Crippen LogP contribution in [0.4, 0.5) is 11.6 Å². The highest BCUT2D eigenvalue weighted by atomic mass is 16.7. The fourth-order valence-corrected chi connectivity index (χ4v) is 3.49. The van der Waals surface area contributed by atoms with Crippen LogP contribution in [0.5, 0.6) is 0 Å². The third-order valence-electron chi connectivity index (χ3n) is 5.12. The summed E-state index contributed by atoms with van der Waals surface area (Å²) in [5, 5.41) is 3.16. The molecule has 142 valence electrons. The number of benzene rings is 1. The molecule has 3 heterocycles. The molecule has 0 atom stereocenters. The Hall–Kier alpha value is -2.51. The van der Waals surface area contributed by atoms with Crippen molar-refractivity contribution in [3.63, 3.8) is 0 Å². The lowest BCUT2D eigenvalue weighted by atomic mass is 10.0. The summed E-state index contributed by atoms with van der Waals surface area (Å²) in [6, 6.07) is 9.76. The lowest BCUT2D eigenvalue weighted by Crippen LogP contribution is -2.47. The van der Waals surface area contributed by atoms with Gasteiger partial charge in [0, 0.05) is 37.8 Å². The van der Waals surface area contributed by atoms with E-state index in [0.717, 1.165) is 12.1 Å². The number of piperidine rings is 1. The Morgan fingerprint density at radius 1 is 1.15 bits per heavy atom. The number of carbonyl (C=O) groups is 1. The third kappa shape index (κ3) is 3.94. The van der Waals surface area contributed by atoms with Crippen molar-refractivity contribution < 1.29 is 14.3 Å². The van der Waals surface area contributed by atoms with E-state index in [2.05, 4.69) is 34.3 Å². The molecular formula is C20H24N4O3. The molecular weight excluding hydrogens is 344 g/mol. The van der Waals surface area contributed by atoms with E-state index in [1.165, 1.54) is 5.56 Å². The van der Waals surface area contributed by atoms with Crippen molar-refractivity contribution >= 4 is 17.5 Å². The van der Waals surface area contributed by atoms with Crippen LogP contribution in [0.2, 0.25) is 0 Å². The first-order valence-electron chi connectivity index (χ1n) is 9.44. The molecule has 2 aliphatic heterocycles. The zero-order valence-electron chi connectivity index (χ0n) is 15.5. The molecule has 7 nitrogen and oxygen atoms in total. The summed E-state index contributed by atoms with van der Waals surface area (Å²) >= 11 is 0. The van der Waals surface area contributed by atoms with Crippen molar-refractivity contribution in [3.8, 4) is 0 Å². The molecule has 2 fully saturated rings. The van der Waals surface area contributed by atoms with Gasteiger partial charge in [-0.2, -0.15) is 0 Å². The molecule has 2 aromatic rings. The van der Waals surface area contributed by atoms with Crippen LogP contribution in [0.25, 0.3) is 0 Å². The Bertz CT molecular complexity index is 793. The number of hydrogen-bond donors (Lipinski definition) is 1. The van der Waals surface area contributed by atoms with Crippen molar-refractivity contribution in [2.75, 3.05) is 31.6 Å². The minimum absolute atomic E-state index is 0.0883. The Labute approximate surface area is 158 Å². The normalized spacial score (nSPS) is 18.6. The summed E-state index contributed by atoms with van der Waals surface area (Å²) in [6.45, 7) is 4.59. The summed E-state index contributed by atoms with van der Waals surface area (Å²) in [6.07, 6.45) is 3.99. The smallest absolute Gasteiger partial charge is 0.272 e. The maximum atomic E-state index is 12.8. The van der Waals surface area contributed by atoms with E-state index in [0.29, 0.717) is 50.8 Å². The number of hydrogen-bond acceptors (Lipinski definition) is 6. The van der Waals surface area contributed by atoms with E-state index >= 15 is 0 Å². The number of rotatable bonds is 4. The van der Waals surface area contributed by atoms with Crippen LogP contribution < -0.4 is 5.32 Å². The van der Waals surface area contributed by atoms with Crippen LogP contribution in [0.3, 0.4) is 0 Å². The van der Waals surface area contributed by atoms with Gasteiger partial charge >= 0.3 is 0 Å². The molecule has 1 N–H and O–H groups in total. The van der Waals surface area contributed by atoms with Crippen LogP contribution in [-0.2, 0) is 15.9 Å². The second-order valence-electron chi connectivity index (χ2n) is 6.84. The Morgan fingerprint density at radius 2 is 1.85 bits per heavy atom. The molecule has 1 aromatic carbocycles. The summed E-state index contributed by atoms with van der Waals surface area (Å²) in [5.74, 6) is -0.157. The molecule has 7 heteroatoms. The molecule has 0 radical (unpaired) electrons. The van der Waals surface area contributed by atoms with Gasteiger partial charge in [-0.3, -0.25) is 4.79 Å². The van der Waals surface area contributed by atoms with Gasteiger partial charge in [-0.15, -0.1) is 0 Å². The first kappa shape index (κ1) is 17.9. The Kier molecular flexibility index (Phi) is 5.05. The number of likely N-dealkylation sites (tertiary alicyclic amines) is 1. The molecule has 0 saturated carbocycles. The maximum absolute atomic E-state index is 12.8. The van der Waals surface area contributed by atoms with Gasteiger partial charge in [0.2, 0.25) is 5.95 Å². The fourth-order valence-electron chi connectivity index (χ4n) is 3.49. The van der Waals surface area contributed by atoms with Gasteiger partial charge < -0.3 is 19.7 Å². The number of amides is 1. The SMILES string of the molecule is CCc1ccc(Nc2nccc(C(=O)N3CCC4(CC3)OCCO4)n2)cc1. The predicted octanol–water partition coefficient (Wildman–Crippen LogP) is 2.76. The molecule has 0 bridgehead atoms. The Balaban J connectivity index is 1.41. The van der Waals surface area contributed by atoms with E-state index in [9.17, 15) is 4.79 Å². The summed E-state index contributed by atoms with van der Waals surface area (Å²) < 4.78 is 11.4. The van der Waals surface area contributed by atoms with E-state index < -0.39 is 5.79 Å². The fraction of sp³-hybridized carbons (Fsp3) is 0.450. The van der Waals surface area contributed by atoms with Crippen molar-refractivity contribution in [2.24, 2.45) is 0 Å². The second-order valence-corrected chi connectivity index (χ2v) is 6.84. The van der Waals surface area contributed by atoms with Gasteiger partial charge in [0.25, 0.3) is 5.91 Å². The number of ether oxygens (including phenoxy) is 2. The maximum Gasteiger partial charge on any atom is 0.272 e. The zero-order chi connectivity index (χ0) is 18.7. The van der Waals surface area contributed by atoms with Gasteiger partial charge in [-0.1, -0.05) is 19.1 Å². The number of nitrogens with one attached hydrogen (secondary N) is 1. The van der Waals surface area contributed by atoms with Crippen molar-refractivity contribution in [3.05, 3.63) is 47.8 Å². The minimum atomic E-state index is -0.486. The van der Waals surface area contributed by atoms with E-state index in [1.807, 2.05) is 12.1 Å². The first-order chi connectivity index (χ1) is 13.2. The van der Waals surface area contributed by atoms with E-state index in [1.54, 1.807) is 17.2 Å². The molecule has 1 amide bonds. The summed E-state index contributed by atoms with van der Waals surface area (Å²) in [4.78, 5) is 23.2. The number of carbonyl (C=O) groups excluding carboxylic acids is 1. The number of aryl methyl sites for hydroxylation is 1. The minimum Gasteiger partial charge on any atom is -0.347 e. The third-order valence-corrected chi connectivity index (χ3v) is 5.12. The van der Waals surface area contributed by atoms with Crippen LogP contribution in [-0.4, -0.2) is 52.9 Å². The van der Waals surface area contributed by atoms with Gasteiger partial charge in [-0.05, 0) is 30.2 Å². The highest BCUT2D eigenvalue weighted by Gasteiger charge is 2.41. The number of aromatic nitrogens is 2. The highest BCUT2D eigenvalue weighted by Crippen LogP contribution is 2.31. The molecule has 4 rings (SSSR count). The largest absolute Gasteiger partial charge is 0.347 e. The van der Waals surface area contributed by atoms with Gasteiger partial charge in [-0.25, -0.2) is 9.97 Å². The number of nitrogens with zero attached hydrogens (tertiary/aromatic N) is 3. The zero-order valence-corrected chi connectivity index (χ0v) is 15.5. The molecule has 1 aromatic heterocycles. The van der Waals surface area contributed by atoms with Crippen molar-refractivity contribution in [2.45, 2.75) is 32.0 Å². The molecule has 1 spiro atoms. The molecule has 2 saturated heterocycles. The van der Waals surface area contributed by atoms with Gasteiger partial charge in [0.1, 0.15) is 5.69 Å². The average Bonchev–Trinajstić information content (AvgIpc) is 3.17. The lowest BCUT2D eigenvalue weighted by molar-refractivity contribution is -0.181. The Morgan fingerprint density at radius 3 is 2.52 bits per heavy atom. The van der Waals surface area contributed by atoms with Crippen LogP contribution >= 0.6 is 0 Å². The van der Waals surface area contributed by atoms with Gasteiger partial charge in [0.15, 0.2) is 5.79 Å². The van der Waals surface area contributed by atoms with E-state index in [-0.39, 0.29) is 5.91 Å². The van der Waals surface area contributed by atoms with Crippen LogP contribution in [0.1, 0.15) is 35.8 Å². The summed E-state index contributed by atoms with van der Waals surface area (Å²) in [5.41, 5.74) is 2.55.